The van der Waals surface area contributed by atoms with Gasteiger partial charge in [0.25, 0.3) is 5.91 Å². The average Bonchev–Trinajstić information content (AvgIpc) is 3.28. The van der Waals surface area contributed by atoms with E-state index in [0.717, 1.165) is 46.3 Å². The van der Waals surface area contributed by atoms with Crippen LogP contribution in [-0.4, -0.2) is 20.6 Å². The summed E-state index contributed by atoms with van der Waals surface area (Å²) in [6, 6.07) is 23.4. The number of carbonyl (C=O) groups is 1. The minimum absolute atomic E-state index is 0.177. The lowest BCUT2D eigenvalue weighted by Crippen LogP contribution is -2.31. The van der Waals surface area contributed by atoms with Crippen molar-refractivity contribution in [3.8, 4) is 0 Å². The van der Waals surface area contributed by atoms with E-state index in [-0.39, 0.29) is 18.4 Å². The fourth-order valence-corrected chi connectivity index (χ4v) is 6.29. The molecule has 5 nitrogen and oxygen atoms in total. The maximum absolute atomic E-state index is 13.1. The van der Waals surface area contributed by atoms with E-state index in [9.17, 15) is 13.2 Å². The molecule has 0 aromatic heterocycles. The highest BCUT2D eigenvalue weighted by molar-refractivity contribution is 7.92. The number of nitrogens with one attached hydrogen (secondary N) is 1. The summed E-state index contributed by atoms with van der Waals surface area (Å²) in [4.78, 5) is 13.1. The van der Waals surface area contributed by atoms with Crippen LogP contribution in [0, 0.1) is 6.92 Å². The molecule has 0 spiro atoms. The van der Waals surface area contributed by atoms with Crippen LogP contribution < -0.4 is 9.62 Å². The first-order valence-corrected chi connectivity index (χ1v) is 14.5. The van der Waals surface area contributed by atoms with Gasteiger partial charge in [-0.05, 0) is 77.1 Å². The number of rotatable bonds is 7. The molecule has 0 heterocycles. The molecule has 1 aliphatic rings. The Morgan fingerprint density at radius 1 is 0.919 bits per heavy atom. The Morgan fingerprint density at radius 2 is 1.59 bits per heavy atom. The zero-order valence-electron chi connectivity index (χ0n) is 21.7. The molecule has 0 fully saturated rings. The van der Waals surface area contributed by atoms with Gasteiger partial charge in [0.2, 0.25) is 10.0 Å². The second-order valence-electron chi connectivity index (χ2n) is 10.2. The normalized spacial score (nSPS) is 12.8. The van der Waals surface area contributed by atoms with E-state index >= 15 is 0 Å². The van der Waals surface area contributed by atoms with Crippen molar-refractivity contribution in [2.75, 3.05) is 15.9 Å². The maximum Gasteiger partial charge on any atom is 0.255 e. The fraction of sp³-hybridized carbons (Fsp3) is 0.258. The summed E-state index contributed by atoms with van der Waals surface area (Å²) in [6.45, 7) is 6.26. The van der Waals surface area contributed by atoms with Crippen LogP contribution in [0.4, 0.5) is 11.4 Å². The molecule has 6 heteroatoms. The number of carbonyl (C=O) groups excluding carboxylic acids is 1. The van der Waals surface area contributed by atoms with E-state index in [1.54, 1.807) is 12.1 Å². The molecule has 1 N–H and O–H groups in total. The predicted molar refractivity (Wildman–Crippen MR) is 152 cm³/mol. The minimum Gasteiger partial charge on any atom is -0.321 e. The molecule has 1 amide bonds. The average molecular weight is 513 g/mol. The monoisotopic (exact) mass is 512 g/mol. The standard InChI is InChI=1S/C31H32N2O3S/c1-20(2)26-9-5-7-21(3)30(26)33(37(4,35)36)19-22-11-13-25(14-12-22)31(34)32-28-18-17-24-16-15-23-8-6-10-27(28)29(23)24/h5-14,17-18,20H,15-16,19H2,1-4H3,(H,32,34). The van der Waals surface area contributed by atoms with Crippen molar-refractivity contribution in [1.29, 1.82) is 0 Å². The second kappa shape index (κ2) is 9.67. The molecule has 1 aliphatic carbocycles. The molecule has 190 valence electrons. The number of benzene rings is 4. The summed E-state index contributed by atoms with van der Waals surface area (Å²) in [5.74, 6) is -0.0118. The number of anilines is 2. The lowest BCUT2D eigenvalue weighted by Gasteiger charge is -2.28. The summed E-state index contributed by atoms with van der Waals surface area (Å²) in [5, 5.41) is 5.40. The van der Waals surface area contributed by atoms with Crippen LogP contribution in [0.5, 0.6) is 0 Å². The van der Waals surface area contributed by atoms with E-state index < -0.39 is 10.0 Å². The van der Waals surface area contributed by atoms with Crippen molar-refractivity contribution in [2.24, 2.45) is 0 Å². The van der Waals surface area contributed by atoms with E-state index in [4.69, 9.17) is 0 Å². The molecule has 0 aliphatic heterocycles. The third-order valence-electron chi connectivity index (χ3n) is 7.21. The highest BCUT2D eigenvalue weighted by Crippen LogP contribution is 2.36. The summed E-state index contributed by atoms with van der Waals surface area (Å²) in [6.07, 6.45) is 3.32. The molecule has 0 saturated carbocycles. The van der Waals surface area contributed by atoms with Gasteiger partial charge in [0.05, 0.1) is 18.5 Å². The molecule has 0 unspecified atom stereocenters. The van der Waals surface area contributed by atoms with Crippen molar-refractivity contribution in [1.82, 2.24) is 0 Å². The van der Waals surface area contributed by atoms with Crippen LogP contribution in [-0.2, 0) is 29.4 Å². The molecule has 0 atom stereocenters. The second-order valence-corrected chi connectivity index (χ2v) is 12.1. The van der Waals surface area contributed by atoms with Crippen molar-refractivity contribution in [3.63, 3.8) is 0 Å². The summed E-state index contributed by atoms with van der Waals surface area (Å²) < 4.78 is 27.2. The zero-order valence-corrected chi connectivity index (χ0v) is 22.5. The van der Waals surface area contributed by atoms with Gasteiger partial charge in [-0.3, -0.25) is 9.10 Å². The first-order chi connectivity index (χ1) is 17.6. The predicted octanol–water partition coefficient (Wildman–Crippen LogP) is 6.59. The van der Waals surface area contributed by atoms with Crippen molar-refractivity contribution in [3.05, 3.63) is 106 Å². The lowest BCUT2D eigenvalue weighted by molar-refractivity contribution is 0.102. The van der Waals surface area contributed by atoms with E-state index in [1.165, 1.54) is 27.1 Å². The largest absolute Gasteiger partial charge is 0.321 e. The first kappa shape index (κ1) is 25.0. The Morgan fingerprint density at radius 3 is 2.27 bits per heavy atom. The minimum atomic E-state index is -3.53. The molecule has 0 bridgehead atoms. The number of aryl methyl sites for hydroxylation is 3. The van der Waals surface area contributed by atoms with E-state index in [0.29, 0.717) is 5.56 Å². The zero-order chi connectivity index (χ0) is 26.3. The SMILES string of the molecule is Cc1cccc(C(C)C)c1N(Cc1ccc(C(=O)Nc2ccc3c4c(cccc24)CC3)cc1)S(C)(=O)=O. The smallest absolute Gasteiger partial charge is 0.255 e. The quantitative estimate of drug-likeness (QED) is 0.304. The lowest BCUT2D eigenvalue weighted by atomic mass is 9.98. The van der Waals surface area contributed by atoms with Crippen molar-refractivity contribution < 1.29 is 13.2 Å². The number of para-hydroxylation sites is 1. The van der Waals surface area contributed by atoms with E-state index in [1.807, 2.05) is 49.4 Å². The van der Waals surface area contributed by atoms with Gasteiger partial charge in [0.1, 0.15) is 0 Å². The summed E-state index contributed by atoms with van der Waals surface area (Å²) >= 11 is 0. The maximum atomic E-state index is 13.1. The molecule has 0 radical (unpaired) electrons. The van der Waals surface area contributed by atoms with Crippen LogP contribution >= 0.6 is 0 Å². The number of nitrogens with zero attached hydrogens (tertiary/aromatic N) is 1. The summed E-state index contributed by atoms with van der Waals surface area (Å²) in [5.41, 5.74) is 7.44. The molecule has 0 saturated heterocycles. The Bertz CT molecular complexity index is 1600. The van der Waals surface area contributed by atoms with Gasteiger partial charge >= 0.3 is 0 Å². The van der Waals surface area contributed by atoms with Crippen LogP contribution in [0.1, 0.15) is 57.9 Å². The number of hydrogen-bond acceptors (Lipinski definition) is 3. The van der Waals surface area contributed by atoms with Crippen LogP contribution in [0.2, 0.25) is 0 Å². The number of hydrogen-bond donors (Lipinski definition) is 1. The topological polar surface area (TPSA) is 66.5 Å². The van der Waals surface area contributed by atoms with Gasteiger partial charge < -0.3 is 5.32 Å². The Kier molecular flexibility index (Phi) is 6.54. The van der Waals surface area contributed by atoms with Gasteiger partial charge in [0.15, 0.2) is 0 Å². The molecular formula is C31H32N2O3S. The van der Waals surface area contributed by atoms with Gasteiger partial charge in [-0.15, -0.1) is 0 Å². The Hall–Kier alpha value is -3.64. The van der Waals surface area contributed by atoms with Gasteiger partial charge in [-0.1, -0.05) is 68.4 Å². The van der Waals surface area contributed by atoms with Gasteiger partial charge in [-0.25, -0.2) is 8.42 Å². The molecule has 4 aromatic rings. The van der Waals surface area contributed by atoms with Crippen LogP contribution in [0.3, 0.4) is 0 Å². The third kappa shape index (κ3) is 4.86. The van der Waals surface area contributed by atoms with Gasteiger partial charge in [0, 0.05) is 16.6 Å². The van der Waals surface area contributed by atoms with Crippen molar-refractivity contribution >= 4 is 38.1 Å². The molecule has 4 aromatic carbocycles. The molecule has 37 heavy (non-hydrogen) atoms. The van der Waals surface area contributed by atoms with Crippen molar-refractivity contribution in [2.45, 2.75) is 46.1 Å². The number of amides is 1. The molecular weight excluding hydrogens is 480 g/mol. The Balaban J connectivity index is 1.40. The highest BCUT2D eigenvalue weighted by Gasteiger charge is 2.24. The van der Waals surface area contributed by atoms with E-state index in [2.05, 4.69) is 37.4 Å². The van der Waals surface area contributed by atoms with Crippen LogP contribution in [0.25, 0.3) is 10.8 Å². The fourth-order valence-electron chi connectivity index (χ4n) is 5.33. The first-order valence-electron chi connectivity index (χ1n) is 12.6. The summed E-state index contributed by atoms with van der Waals surface area (Å²) in [7, 11) is -3.53. The van der Waals surface area contributed by atoms with Crippen LogP contribution in [0.15, 0.2) is 72.8 Å². The third-order valence-corrected chi connectivity index (χ3v) is 8.32. The Labute approximate surface area is 219 Å². The van der Waals surface area contributed by atoms with Gasteiger partial charge in [-0.2, -0.15) is 0 Å². The number of sulfonamides is 1. The highest BCUT2D eigenvalue weighted by atomic mass is 32.2. The molecule has 5 rings (SSSR count).